The van der Waals surface area contributed by atoms with Crippen LogP contribution >= 0.6 is 23.2 Å². The lowest BCUT2D eigenvalue weighted by Gasteiger charge is -2.27. The van der Waals surface area contributed by atoms with Crippen LogP contribution in [0, 0.1) is 0 Å². The van der Waals surface area contributed by atoms with Crippen LogP contribution in [-0.2, 0) is 13.2 Å². The van der Waals surface area contributed by atoms with E-state index in [0.717, 1.165) is 57.1 Å². The summed E-state index contributed by atoms with van der Waals surface area (Å²) in [6.45, 7) is 7.71. The Bertz CT molecular complexity index is 685. The van der Waals surface area contributed by atoms with Gasteiger partial charge in [0.2, 0.25) is 0 Å². The Morgan fingerprint density at radius 3 is 2.54 bits per heavy atom. The summed E-state index contributed by atoms with van der Waals surface area (Å²) in [6, 6.07) is 13.6. The topological polar surface area (TPSA) is 36.5 Å². The van der Waals surface area contributed by atoms with Crippen LogP contribution < -0.4 is 15.4 Å². The predicted octanol–water partition coefficient (Wildman–Crippen LogP) is 3.57. The summed E-state index contributed by atoms with van der Waals surface area (Å²) in [5, 5.41) is 8.14. The molecule has 2 aromatic carbocycles. The van der Waals surface area contributed by atoms with Crippen molar-refractivity contribution in [2.75, 3.05) is 39.3 Å². The molecule has 1 aliphatic heterocycles. The number of piperazine rings is 1. The molecule has 0 aromatic heterocycles. The molecular formula is C20H25Cl2N3O. The quantitative estimate of drug-likeness (QED) is 0.672. The van der Waals surface area contributed by atoms with E-state index in [9.17, 15) is 0 Å². The number of nitrogens with one attached hydrogen (secondary N) is 2. The van der Waals surface area contributed by atoms with Gasteiger partial charge in [0.25, 0.3) is 0 Å². The third-order valence-electron chi connectivity index (χ3n) is 4.49. The molecule has 0 saturated carbocycles. The Kier molecular flexibility index (Phi) is 7.59. The second-order valence-electron chi connectivity index (χ2n) is 6.40. The van der Waals surface area contributed by atoms with Crippen molar-refractivity contribution in [1.29, 1.82) is 0 Å². The average Bonchev–Trinajstić information content (AvgIpc) is 2.66. The molecule has 0 amide bonds. The summed E-state index contributed by atoms with van der Waals surface area (Å²) < 4.78 is 5.88. The van der Waals surface area contributed by atoms with Crippen LogP contribution in [0.5, 0.6) is 5.75 Å². The highest BCUT2D eigenvalue weighted by Crippen LogP contribution is 2.26. The minimum atomic E-state index is 0.360. The van der Waals surface area contributed by atoms with E-state index in [1.807, 2.05) is 30.3 Å². The highest BCUT2D eigenvalue weighted by molar-refractivity contribution is 6.35. The van der Waals surface area contributed by atoms with Crippen LogP contribution in [0.1, 0.15) is 11.1 Å². The minimum Gasteiger partial charge on any atom is -0.489 e. The molecule has 0 unspecified atom stereocenters. The third-order valence-corrected chi connectivity index (χ3v) is 5.20. The van der Waals surface area contributed by atoms with E-state index in [0.29, 0.717) is 16.7 Å². The van der Waals surface area contributed by atoms with Gasteiger partial charge in [0, 0.05) is 61.4 Å². The SMILES string of the molecule is Clc1cccc(Cl)c1COc1cccc(CNCCN2CCNCC2)c1. The van der Waals surface area contributed by atoms with Gasteiger partial charge in [-0.2, -0.15) is 0 Å². The van der Waals surface area contributed by atoms with E-state index in [1.54, 1.807) is 0 Å². The Morgan fingerprint density at radius 1 is 1.04 bits per heavy atom. The zero-order valence-electron chi connectivity index (χ0n) is 14.8. The maximum absolute atomic E-state index is 6.19. The predicted molar refractivity (Wildman–Crippen MR) is 108 cm³/mol. The Labute approximate surface area is 165 Å². The van der Waals surface area contributed by atoms with Crippen molar-refractivity contribution in [1.82, 2.24) is 15.5 Å². The zero-order chi connectivity index (χ0) is 18.2. The maximum atomic E-state index is 6.19. The average molecular weight is 394 g/mol. The number of halogens is 2. The lowest BCUT2D eigenvalue weighted by Crippen LogP contribution is -2.45. The molecule has 26 heavy (non-hydrogen) atoms. The number of hydrogen-bond acceptors (Lipinski definition) is 4. The third kappa shape index (κ3) is 5.86. The highest BCUT2D eigenvalue weighted by Gasteiger charge is 2.09. The zero-order valence-corrected chi connectivity index (χ0v) is 16.3. The molecule has 0 radical (unpaired) electrons. The summed E-state index contributed by atoms with van der Waals surface area (Å²) in [5.74, 6) is 0.822. The molecule has 0 bridgehead atoms. The fourth-order valence-electron chi connectivity index (χ4n) is 2.98. The van der Waals surface area contributed by atoms with Crippen molar-refractivity contribution in [2.24, 2.45) is 0 Å². The van der Waals surface area contributed by atoms with Gasteiger partial charge in [-0.25, -0.2) is 0 Å². The van der Waals surface area contributed by atoms with Crippen LogP contribution in [0.3, 0.4) is 0 Å². The molecule has 0 spiro atoms. The van der Waals surface area contributed by atoms with Crippen molar-refractivity contribution < 1.29 is 4.74 Å². The van der Waals surface area contributed by atoms with Crippen molar-refractivity contribution in [3.05, 3.63) is 63.6 Å². The standard InChI is InChI=1S/C20H25Cl2N3O/c21-19-5-2-6-20(22)18(19)15-26-17-4-1-3-16(13-17)14-24-9-12-25-10-7-23-8-11-25/h1-6,13,23-24H,7-12,14-15H2. The number of rotatable bonds is 8. The Morgan fingerprint density at radius 2 is 1.77 bits per heavy atom. The first-order valence-electron chi connectivity index (χ1n) is 9.01. The van der Waals surface area contributed by atoms with Crippen LogP contribution in [0.25, 0.3) is 0 Å². The first-order valence-corrected chi connectivity index (χ1v) is 9.76. The molecule has 1 heterocycles. The molecule has 0 aliphatic carbocycles. The van der Waals surface area contributed by atoms with Gasteiger partial charge < -0.3 is 15.4 Å². The summed E-state index contributed by atoms with van der Waals surface area (Å²) in [6.07, 6.45) is 0. The van der Waals surface area contributed by atoms with Crippen molar-refractivity contribution in [2.45, 2.75) is 13.2 Å². The summed E-state index contributed by atoms with van der Waals surface area (Å²) in [5.41, 5.74) is 2.02. The molecular weight excluding hydrogens is 369 g/mol. The molecule has 2 N–H and O–H groups in total. The van der Waals surface area contributed by atoms with Crippen LogP contribution in [0.2, 0.25) is 10.0 Å². The van der Waals surface area contributed by atoms with Gasteiger partial charge in [0.15, 0.2) is 0 Å². The van der Waals surface area contributed by atoms with E-state index < -0.39 is 0 Å². The normalized spacial score (nSPS) is 15.2. The van der Waals surface area contributed by atoms with Gasteiger partial charge in [-0.1, -0.05) is 41.4 Å². The molecule has 3 rings (SSSR count). The van der Waals surface area contributed by atoms with E-state index in [-0.39, 0.29) is 0 Å². The number of hydrogen-bond donors (Lipinski definition) is 2. The van der Waals surface area contributed by atoms with Gasteiger partial charge in [-0.3, -0.25) is 4.90 Å². The Hall–Kier alpha value is -1.30. The highest BCUT2D eigenvalue weighted by atomic mass is 35.5. The second-order valence-corrected chi connectivity index (χ2v) is 7.22. The molecule has 1 saturated heterocycles. The van der Waals surface area contributed by atoms with Gasteiger partial charge in [0.05, 0.1) is 0 Å². The smallest absolute Gasteiger partial charge is 0.120 e. The number of ether oxygens (including phenoxy) is 1. The van der Waals surface area contributed by atoms with E-state index >= 15 is 0 Å². The molecule has 0 atom stereocenters. The van der Waals surface area contributed by atoms with Crippen LogP contribution in [-0.4, -0.2) is 44.2 Å². The first kappa shape index (κ1) is 19.5. The second kappa shape index (κ2) is 10.1. The van der Waals surface area contributed by atoms with Crippen LogP contribution in [0.15, 0.2) is 42.5 Å². The lowest BCUT2D eigenvalue weighted by atomic mass is 10.2. The van der Waals surface area contributed by atoms with Gasteiger partial charge in [-0.15, -0.1) is 0 Å². The Balaban J connectivity index is 1.45. The monoisotopic (exact) mass is 393 g/mol. The van der Waals surface area contributed by atoms with Crippen molar-refractivity contribution >= 4 is 23.2 Å². The molecule has 6 heteroatoms. The van der Waals surface area contributed by atoms with Gasteiger partial charge in [0.1, 0.15) is 12.4 Å². The lowest BCUT2D eigenvalue weighted by molar-refractivity contribution is 0.241. The van der Waals surface area contributed by atoms with Crippen LogP contribution in [0.4, 0.5) is 0 Å². The van der Waals surface area contributed by atoms with Gasteiger partial charge >= 0.3 is 0 Å². The maximum Gasteiger partial charge on any atom is 0.120 e. The fourth-order valence-corrected chi connectivity index (χ4v) is 3.48. The van der Waals surface area contributed by atoms with E-state index in [1.165, 1.54) is 5.56 Å². The number of benzene rings is 2. The van der Waals surface area contributed by atoms with E-state index in [4.69, 9.17) is 27.9 Å². The molecule has 1 fully saturated rings. The van der Waals surface area contributed by atoms with Crippen molar-refractivity contribution in [3.8, 4) is 5.75 Å². The molecule has 2 aromatic rings. The largest absolute Gasteiger partial charge is 0.489 e. The summed E-state index contributed by atoms with van der Waals surface area (Å²) in [7, 11) is 0. The summed E-state index contributed by atoms with van der Waals surface area (Å²) in [4.78, 5) is 2.48. The molecule has 4 nitrogen and oxygen atoms in total. The summed E-state index contributed by atoms with van der Waals surface area (Å²) >= 11 is 12.4. The van der Waals surface area contributed by atoms with Gasteiger partial charge in [-0.05, 0) is 29.8 Å². The van der Waals surface area contributed by atoms with E-state index in [2.05, 4.69) is 27.7 Å². The number of nitrogens with zero attached hydrogens (tertiary/aromatic N) is 1. The molecule has 1 aliphatic rings. The molecule has 140 valence electrons. The minimum absolute atomic E-state index is 0.360. The van der Waals surface area contributed by atoms with Crippen molar-refractivity contribution in [3.63, 3.8) is 0 Å². The first-order chi connectivity index (χ1) is 12.7. The fraction of sp³-hybridized carbons (Fsp3) is 0.400.